The summed E-state index contributed by atoms with van der Waals surface area (Å²) < 4.78 is 8.71. The molecule has 0 spiro atoms. The molecule has 2 aromatic carbocycles. The summed E-state index contributed by atoms with van der Waals surface area (Å²) in [6.07, 6.45) is 0. The van der Waals surface area contributed by atoms with E-state index in [4.69, 9.17) is 16.1 Å². The van der Waals surface area contributed by atoms with Gasteiger partial charge in [0.25, 0.3) is 5.56 Å². The highest BCUT2D eigenvalue weighted by Gasteiger charge is 2.16. The van der Waals surface area contributed by atoms with E-state index >= 15 is 0 Å². The van der Waals surface area contributed by atoms with Crippen LogP contribution in [0.15, 0.2) is 63.0 Å². The maximum atomic E-state index is 12.5. The number of fused-ring (bicyclic) bond motifs is 3. The van der Waals surface area contributed by atoms with Crippen LogP contribution in [-0.2, 0) is 12.8 Å². The molecule has 10 heteroatoms. The summed E-state index contributed by atoms with van der Waals surface area (Å²) >= 11 is 7.32. The molecule has 0 aliphatic heterocycles. The van der Waals surface area contributed by atoms with E-state index in [9.17, 15) is 4.79 Å². The number of halogens is 1. The molecule has 8 nitrogen and oxygen atoms in total. The van der Waals surface area contributed by atoms with E-state index < -0.39 is 0 Å². The van der Waals surface area contributed by atoms with Gasteiger partial charge in [0.15, 0.2) is 5.16 Å². The van der Waals surface area contributed by atoms with Gasteiger partial charge < -0.3 is 4.52 Å². The third kappa shape index (κ3) is 3.08. The molecule has 3 heterocycles. The predicted octanol–water partition coefficient (Wildman–Crippen LogP) is 3.58. The lowest BCUT2D eigenvalue weighted by Crippen LogP contribution is -2.20. The summed E-state index contributed by atoms with van der Waals surface area (Å²) in [5.74, 6) is 1.85. The highest BCUT2D eigenvalue weighted by atomic mass is 35.5. The van der Waals surface area contributed by atoms with Crippen LogP contribution in [0.4, 0.5) is 0 Å². The monoisotopic (exact) mass is 424 g/mol. The van der Waals surface area contributed by atoms with E-state index in [1.807, 2.05) is 34.7 Å². The van der Waals surface area contributed by atoms with Crippen LogP contribution in [-0.4, -0.2) is 29.3 Å². The van der Waals surface area contributed by atoms with E-state index in [2.05, 4.69) is 20.3 Å². The Labute approximate surface area is 173 Å². The molecule has 0 saturated carbocycles. The summed E-state index contributed by atoms with van der Waals surface area (Å²) in [6, 6.07) is 14.6. The molecule has 0 aliphatic rings. The minimum Gasteiger partial charge on any atom is -0.338 e. The van der Waals surface area contributed by atoms with Crippen LogP contribution in [0.5, 0.6) is 0 Å². The lowest BCUT2D eigenvalue weighted by molar-refractivity contribution is 0.391. The fourth-order valence-electron chi connectivity index (χ4n) is 3.06. The van der Waals surface area contributed by atoms with Crippen molar-refractivity contribution in [1.82, 2.24) is 29.3 Å². The number of aromatic nitrogens is 6. The third-order valence-electron chi connectivity index (χ3n) is 4.49. The second kappa shape index (κ2) is 7.02. The van der Waals surface area contributed by atoms with E-state index in [1.54, 1.807) is 25.2 Å². The Bertz CT molecular complexity index is 1410. The molecular formula is C19H13ClN6O2S. The number of para-hydroxylation sites is 1. The first-order valence-electron chi connectivity index (χ1n) is 8.66. The van der Waals surface area contributed by atoms with Gasteiger partial charge in [-0.1, -0.05) is 40.7 Å². The van der Waals surface area contributed by atoms with Crippen LogP contribution in [0.1, 0.15) is 5.89 Å². The van der Waals surface area contributed by atoms with Crippen molar-refractivity contribution in [2.24, 2.45) is 7.05 Å². The molecule has 0 aliphatic carbocycles. The van der Waals surface area contributed by atoms with Crippen molar-refractivity contribution >= 4 is 40.0 Å². The van der Waals surface area contributed by atoms with Gasteiger partial charge in [0.05, 0.1) is 16.7 Å². The van der Waals surface area contributed by atoms with Gasteiger partial charge in [-0.15, -0.1) is 10.2 Å². The fraction of sp³-hybridized carbons (Fsp3) is 0.105. The summed E-state index contributed by atoms with van der Waals surface area (Å²) in [5, 5.41) is 14.3. The number of thioether (sulfide) groups is 1. The Morgan fingerprint density at radius 1 is 1.10 bits per heavy atom. The van der Waals surface area contributed by atoms with Gasteiger partial charge in [0.1, 0.15) is 0 Å². The largest absolute Gasteiger partial charge is 0.338 e. The molecule has 5 rings (SSSR count). The minimum absolute atomic E-state index is 0.110. The molecular weight excluding hydrogens is 412 g/mol. The molecule has 29 heavy (non-hydrogen) atoms. The Balaban J connectivity index is 1.48. The number of nitrogens with zero attached hydrogens (tertiary/aromatic N) is 6. The average Bonchev–Trinajstić information content (AvgIpc) is 3.38. The zero-order valence-electron chi connectivity index (χ0n) is 15.1. The summed E-state index contributed by atoms with van der Waals surface area (Å²) in [5.41, 5.74) is 1.47. The summed E-state index contributed by atoms with van der Waals surface area (Å²) in [6.45, 7) is 0. The molecule has 3 aromatic heterocycles. The lowest BCUT2D eigenvalue weighted by Gasteiger charge is -2.06. The quantitative estimate of drug-likeness (QED) is 0.407. The molecule has 0 radical (unpaired) electrons. The van der Waals surface area contributed by atoms with Gasteiger partial charge in [-0.2, -0.15) is 4.98 Å². The molecule has 5 aromatic rings. The van der Waals surface area contributed by atoms with Crippen molar-refractivity contribution in [2.45, 2.75) is 10.9 Å². The van der Waals surface area contributed by atoms with Gasteiger partial charge in [-0.3, -0.25) is 13.8 Å². The Hall–Kier alpha value is -3.17. The highest BCUT2D eigenvalue weighted by molar-refractivity contribution is 7.98. The molecule has 0 N–H and O–H groups in total. The van der Waals surface area contributed by atoms with Gasteiger partial charge in [0.2, 0.25) is 17.5 Å². The average molecular weight is 425 g/mol. The smallest absolute Gasteiger partial charge is 0.262 e. The van der Waals surface area contributed by atoms with Crippen LogP contribution in [0, 0.1) is 0 Å². The molecule has 144 valence electrons. The van der Waals surface area contributed by atoms with E-state index in [1.165, 1.54) is 16.3 Å². The van der Waals surface area contributed by atoms with Crippen molar-refractivity contribution in [3.8, 4) is 11.4 Å². The lowest BCUT2D eigenvalue weighted by atomic mass is 10.2. The van der Waals surface area contributed by atoms with Crippen LogP contribution in [0.3, 0.4) is 0 Å². The van der Waals surface area contributed by atoms with Crippen molar-refractivity contribution in [1.29, 1.82) is 0 Å². The van der Waals surface area contributed by atoms with E-state index in [-0.39, 0.29) is 5.56 Å². The Morgan fingerprint density at radius 3 is 2.72 bits per heavy atom. The second-order valence-corrected chi connectivity index (χ2v) is 7.69. The Kier molecular flexibility index (Phi) is 4.33. The number of rotatable bonds is 4. The van der Waals surface area contributed by atoms with Crippen molar-refractivity contribution in [3.63, 3.8) is 0 Å². The molecule has 0 atom stereocenters. The minimum atomic E-state index is -0.110. The zero-order valence-corrected chi connectivity index (χ0v) is 16.7. The van der Waals surface area contributed by atoms with E-state index in [0.717, 1.165) is 11.1 Å². The van der Waals surface area contributed by atoms with Crippen molar-refractivity contribution < 1.29 is 4.52 Å². The van der Waals surface area contributed by atoms with Crippen LogP contribution < -0.4 is 5.56 Å². The second-order valence-electron chi connectivity index (χ2n) is 6.31. The summed E-state index contributed by atoms with van der Waals surface area (Å²) in [7, 11) is 1.68. The first kappa shape index (κ1) is 17.9. The number of hydrogen-bond acceptors (Lipinski definition) is 7. The van der Waals surface area contributed by atoms with Gasteiger partial charge >= 0.3 is 0 Å². The standard InChI is InChI=1S/C19H13ClN6O2S/c1-25-17(27)13-4-2-3-5-14(13)26-18(25)22-23-19(26)29-10-15-21-16(24-28-15)11-6-8-12(20)9-7-11/h2-9H,10H2,1H3. The van der Waals surface area contributed by atoms with Gasteiger partial charge in [-0.05, 0) is 36.4 Å². The van der Waals surface area contributed by atoms with Crippen molar-refractivity contribution in [3.05, 3.63) is 69.8 Å². The normalized spacial score (nSPS) is 11.5. The number of aryl methyl sites for hydroxylation is 1. The Morgan fingerprint density at radius 2 is 1.90 bits per heavy atom. The van der Waals surface area contributed by atoms with Crippen LogP contribution in [0.2, 0.25) is 5.02 Å². The predicted molar refractivity (Wildman–Crippen MR) is 110 cm³/mol. The van der Waals surface area contributed by atoms with Crippen LogP contribution in [0.25, 0.3) is 28.1 Å². The van der Waals surface area contributed by atoms with Crippen molar-refractivity contribution in [2.75, 3.05) is 0 Å². The topological polar surface area (TPSA) is 91.1 Å². The molecule has 0 fully saturated rings. The molecule has 0 unspecified atom stereocenters. The maximum Gasteiger partial charge on any atom is 0.262 e. The van der Waals surface area contributed by atoms with Gasteiger partial charge in [0, 0.05) is 17.6 Å². The summed E-state index contributed by atoms with van der Waals surface area (Å²) in [4.78, 5) is 17.0. The van der Waals surface area contributed by atoms with E-state index in [0.29, 0.717) is 38.8 Å². The molecule has 0 amide bonds. The zero-order chi connectivity index (χ0) is 20.0. The molecule has 0 saturated heterocycles. The third-order valence-corrected chi connectivity index (χ3v) is 5.66. The number of hydrogen-bond donors (Lipinski definition) is 0. The van der Waals surface area contributed by atoms with Gasteiger partial charge in [-0.25, -0.2) is 0 Å². The highest BCUT2D eigenvalue weighted by Crippen LogP contribution is 2.25. The molecule has 0 bridgehead atoms. The maximum absolute atomic E-state index is 12.5. The van der Waals surface area contributed by atoms with Crippen LogP contribution >= 0.6 is 23.4 Å². The number of benzene rings is 2. The first-order valence-corrected chi connectivity index (χ1v) is 10.0. The first-order chi connectivity index (χ1) is 14.1. The fourth-order valence-corrected chi connectivity index (χ4v) is 3.96. The SMILES string of the molecule is Cn1c(=O)c2ccccc2n2c(SCc3nc(-c4ccc(Cl)cc4)no3)nnc12.